The number of piperidine rings is 1. The smallest absolute Gasteiger partial charge is 0.260 e. The van der Waals surface area contributed by atoms with E-state index in [1.807, 2.05) is 12.1 Å². The predicted molar refractivity (Wildman–Crippen MR) is 114 cm³/mol. The van der Waals surface area contributed by atoms with Gasteiger partial charge in [-0.3, -0.25) is 9.59 Å². The van der Waals surface area contributed by atoms with Gasteiger partial charge in [-0.15, -0.1) is 0 Å². The lowest BCUT2D eigenvalue weighted by Crippen LogP contribution is -2.47. The van der Waals surface area contributed by atoms with E-state index in [1.165, 1.54) is 7.11 Å². The fourth-order valence-corrected chi connectivity index (χ4v) is 3.53. The van der Waals surface area contributed by atoms with E-state index in [2.05, 4.69) is 5.32 Å². The highest BCUT2D eigenvalue weighted by Gasteiger charge is 2.25. The Morgan fingerprint density at radius 3 is 2.37 bits per heavy atom. The van der Waals surface area contributed by atoms with Gasteiger partial charge in [-0.2, -0.15) is 0 Å². The molecule has 0 aliphatic carbocycles. The molecule has 0 bridgehead atoms. The Morgan fingerprint density at radius 1 is 1.03 bits per heavy atom. The maximum Gasteiger partial charge on any atom is 0.260 e. The monoisotopic (exact) mass is 432 g/mol. The quantitative estimate of drug-likeness (QED) is 0.727. The van der Waals surface area contributed by atoms with E-state index in [-0.39, 0.29) is 24.5 Å². The summed E-state index contributed by atoms with van der Waals surface area (Å²) >= 11 is 6.01. The van der Waals surface area contributed by atoms with Gasteiger partial charge in [0.2, 0.25) is 0 Å². The van der Waals surface area contributed by atoms with Crippen LogP contribution in [-0.4, -0.2) is 56.7 Å². The van der Waals surface area contributed by atoms with Crippen LogP contribution >= 0.6 is 11.6 Å². The van der Waals surface area contributed by atoms with E-state index in [9.17, 15) is 9.59 Å². The summed E-state index contributed by atoms with van der Waals surface area (Å²) in [6.07, 6.45) is 1.32. The van der Waals surface area contributed by atoms with Gasteiger partial charge in [0.25, 0.3) is 11.8 Å². The summed E-state index contributed by atoms with van der Waals surface area (Å²) in [5.74, 6) is 1.26. The van der Waals surface area contributed by atoms with Crippen LogP contribution in [0.25, 0.3) is 0 Å². The van der Waals surface area contributed by atoms with Crippen molar-refractivity contribution in [3.8, 4) is 17.2 Å². The molecule has 0 radical (unpaired) electrons. The van der Waals surface area contributed by atoms with E-state index in [0.29, 0.717) is 53.8 Å². The summed E-state index contributed by atoms with van der Waals surface area (Å²) in [7, 11) is 3.07. The molecular formula is C22H25ClN2O5. The molecule has 1 fully saturated rings. The summed E-state index contributed by atoms with van der Waals surface area (Å²) < 4.78 is 16.1. The zero-order valence-electron chi connectivity index (χ0n) is 17.0. The third-order valence-electron chi connectivity index (χ3n) is 5.01. The number of halogens is 1. The summed E-state index contributed by atoms with van der Waals surface area (Å²) in [4.78, 5) is 26.8. The zero-order chi connectivity index (χ0) is 21.5. The number of carbonyl (C=O) groups excluding carboxylic acids is 2. The lowest BCUT2D eigenvalue weighted by Gasteiger charge is -2.32. The molecule has 1 heterocycles. The van der Waals surface area contributed by atoms with Crippen LogP contribution in [0.2, 0.25) is 5.02 Å². The second-order valence-electron chi connectivity index (χ2n) is 6.91. The average Bonchev–Trinajstić information content (AvgIpc) is 2.78. The van der Waals surface area contributed by atoms with E-state index in [1.54, 1.807) is 42.3 Å². The minimum atomic E-state index is -0.237. The van der Waals surface area contributed by atoms with Crippen molar-refractivity contribution in [2.75, 3.05) is 33.9 Å². The van der Waals surface area contributed by atoms with Gasteiger partial charge in [-0.25, -0.2) is 0 Å². The Kier molecular flexibility index (Phi) is 7.41. The van der Waals surface area contributed by atoms with Crippen molar-refractivity contribution in [3.05, 3.63) is 53.1 Å². The highest BCUT2D eigenvalue weighted by molar-refractivity contribution is 6.31. The van der Waals surface area contributed by atoms with Crippen molar-refractivity contribution >= 4 is 23.4 Å². The molecule has 30 heavy (non-hydrogen) atoms. The van der Waals surface area contributed by atoms with Crippen LogP contribution in [0.3, 0.4) is 0 Å². The van der Waals surface area contributed by atoms with Gasteiger partial charge >= 0.3 is 0 Å². The third kappa shape index (κ3) is 5.36. The van der Waals surface area contributed by atoms with Crippen molar-refractivity contribution < 1.29 is 23.8 Å². The van der Waals surface area contributed by atoms with Gasteiger partial charge < -0.3 is 24.4 Å². The number of nitrogens with zero attached hydrogens (tertiary/aromatic N) is 1. The maximum atomic E-state index is 12.6. The first-order valence-corrected chi connectivity index (χ1v) is 10.1. The predicted octanol–water partition coefficient (Wildman–Crippen LogP) is 3.16. The molecule has 0 atom stereocenters. The van der Waals surface area contributed by atoms with Crippen molar-refractivity contribution in [1.29, 1.82) is 0 Å². The van der Waals surface area contributed by atoms with E-state index >= 15 is 0 Å². The van der Waals surface area contributed by atoms with Crippen molar-refractivity contribution in [2.45, 2.75) is 18.9 Å². The van der Waals surface area contributed by atoms with Gasteiger partial charge in [-0.1, -0.05) is 23.7 Å². The van der Waals surface area contributed by atoms with Crippen molar-refractivity contribution in [1.82, 2.24) is 10.2 Å². The number of hydrogen-bond acceptors (Lipinski definition) is 5. The Balaban J connectivity index is 1.49. The molecule has 3 rings (SSSR count). The minimum absolute atomic E-state index is 0.0274. The maximum absolute atomic E-state index is 12.6. The van der Waals surface area contributed by atoms with E-state index in [0.717, 1.165) is 0 Å². The lowest BCUT2D eigenvalue weighted by molar-refractivity contribution is -0.134. The first-order chi connectivity index (χ1) is 14.5. The van der Waals surface area contributed by atoms with Gasteiger partial charge in [-0.05, 0) is 43.2 Å². The van der Waals surface area contributed by atoms with E-state index < -0.39 is 0 Å². The number of rotatable bonds is 7. The van der Waals surface area contributed by atoms with Crippen LogP contribution < -0.4 is 19.5 Å². The van der Waals surface area contributed by atoms with Gasteiger partial charge in [0, 0.05) is 24.2 Å². The average molecular weight is 433 g/mol. The Bertz CT molecular complexity index is 897. The molecule has 0 spiro atoms. The van der Waals surface area contributed by atoms with Crippen LogP contribution in [0, 0.1) is 0 Å². The first kappa shape index (κ1) is 21.8. The summed E-state index contributed by atoms with van der Waals surface area (Å²) in [5, 5.41) is 3.48. The highest BCUT2D eigenvalue weighted by atomic mass is 35.5. The number of benzene rings is 2. The number of ether oxygens (including phenoxy) is 3. The Labute approximate surface area is 180 Å². The molecule has 0 aromatic heterocycles. The van der Waals surface area contributed by atoms with Crippen LogP contribution in [0.15, 0.2) is 42.5 Å². The highest BCUT2D eigenvalue weighted by Crippen LogP contribution is 2.26. The molecule has 0 saturated carbocycles. The number of likely N-dealkylation sites (tertiary alicyclic amines) is 1. The molecule has 8 heteroatoms. The second-order valence-corrected chi connectivity index (χ2v) is 7.35. The molecule has 1 aliphatic heterocycles. The molecule has 0 unspecified atom stereocenters. The first-order valence-electron chi connectivity index (χ1n) is 9.69. The number of methoxy groups -OCH3 is 2. The standard InChI is InChI=1S/C22H25ClN2O5/c1-28-18-8-7-15(23)13-17(18)22(27)24-16-9-11-25(12-10-16)21(26)14-30-20-6-4-3-5-19(20)29-2/h3-8,13,16H,9-12,14H2,1-2H3,(H,24,27). The molecule has 2 aromatic rings. The molecular weight excluding hydrogens is 408 g/mol. The van der Waals surface area contributed by atoms with Crippen LogP contribution in [0.1, 0.15) is 23.2 Å². The minimum Gasteiger partial charge on any atom is -0.496 e. The fourth-order valence-electron chi connectivity index (χ4n) is 3.36. The fraction of sp³-hybridized carbons (Fsp3) is 0.364. The largest absolute Gasteiger partial charge is 0.496 e. The lowest BCUT2D eigenvalue weighted by atomic mass is 10.0. The topological polar surface area (TPSA) is 77.1 Å². The summed E-state index contributed by atoms with van der Waals surface area (Å²) in [6, 6.07) is 12.1. The van der Waals surface area contributed by atoms with Crippen LogP contribution in [-0.2, 0) is 4.79 Å². The number of para-hydroxylation sites is 2. The van der Waals surface area contributed by atoms with Crippen LogP contribution in [0.5, 0.6) is 17.2 Å². The molecule has 1 saturated heterocycles. The summed E-state index contributed by atoms with van der Waals surface area (Å²) in [5.41, 5.74) is 0.397. The molecule has 7 nitrogen and oxygen atoms in total. The van der Waals surface area contributed by atoms with Gasteiger partial charge in [0.05, 0.1) is 19.8 Å². The zero-order valence-corrected chi connectivity index (χ0v) is 17.8. The molecule has 2 amide bonds. The normalized spacial score (nSPS) is 14.2. The van der Waals surface area contributed by atoms with Crippen LogP contribution in [0.4, 0.5) is 0 Å². The SMILES string of the molecule is COc1ccccc1OCC(=O)N1CCC(NC(=O)c2cc(Cl)ccc2OC)CC1. The molecule has 2 aromatic carbocycles. The number of carbonyl (C=O) groups is 2. The van der Waals surface area contributed by atoms with Gasteiger partial charge in [0.15, 0.2) is 18.1 Å². The molecule has 160 valence electrons. The van der Waals surface area contributed by atoms with Crippen molar-refractivity contribution in [2.24, 2.45) is 0 Å². The third-order valence-corrected chi connectivity index (χ3v) is 5.24. The number of amides is 2. The summed E-state index contributed by atoms with van der Waals surface area (Å²) in [6.45, 7) is 1.04. The Hall–Kier alpha value is -2.93. The van der Waals surface area contributed by atoms with Gasteiger partial charge in [0.1, 0.15) is 5.75 Å². The molecule has 1 aliphatic rings. The molecule has 1 N–H and O–H groups in total. The number of hydrogen-bond donors (Lipinski definition) is 1. The van der Waals surface area contributed by atoms with Crippen molar-refractivity contribution in [3.63, 3.8) is 0 Å². The number of nitrogens with one attached hydrogen (secondary N) is 1. The second kappa shape index (κ2) is 10.2. The van der Waals surface area contributed by atoms with E-state index in [4.69, 9.17) is 25.8 Å². The Morgan fingerprint density at radius 2 is 1.70 bits per heavy atom.